The topological polar surface area (TPSA) is 69.9 Å². The molecule has 1 aromatic carbocycles. The van der Waals surface area contributed by atoms with E-state index in [0.29, 0.717) is 17.2 Å². The third kappa shape index (κ3) is 3.46. The summed E-state index contributed by atoms with van der Waals surface area (Å²) in [7, 11) is 4.62. The number of methoxy groups -OCH3 is 3. The van der Waals surface area contributed by atoms with Crippen molar-refractivity contribution in [3.8, 4) is 17.2 Å². The molecule has 0 unspecified atom stereocenters. The van der Waals surface area contributed by atoms with E-state index >= 15 is 0 Å². The maximum absolute atomic E-state index is 11.9. The fraction of sp³-hybridized carbons (Fsp3) is 0.267. The van der Waals surface area contributed by atoms with E-state index in [1.165, 1.54) is 19.2 Å². The Labute approximate surface area is 132 Å². The van der Waals surface area contributed by atoms with Gasteiger partial charge in [0.1, 0.15) is 5.75 Å². The molecule has 1 aromatic heterocycles. The summed E-state index contributed by atoms with van der Waals surface area (Å²) in [6, 6.07) is 6.45. The molecule has 1 amide bonds. The van der Waals surface area contributed by atoms with E-state index in [1.807, 2.05) is 0 Å². The number of carbonyl (C=O) groups is 1. The summed E-state index contributed by atoms with van der Waals surface area (Å²) in [6.45, 7) is 0.237. The maximum atomic E-state index is 11.9. The standard InChI is InChI=1S/C15H16ClNO5/c1-19-11-7-13(21-3)12(20-2)6-9(11)8-17-15(18)10-4-5-14(16)22-10/h4-7H,8H2,1-3H3,(H,17,18). The Balaban J connectivity index is 2.16. The molecule has 7 heteroatoms. The number of halogens is 1. The van der Waals surface area contributed by atoms with Crippen LogP contribution in [0.5, 0.6) is 17.2 Å². The van der Waals surface area contributed by atoms with Gasteiger partial charge in [0.05, 0.1) is 21.3 Å². The fourth-order valence-corrected chi connectivity index (χ4v) is 2.08. The van der Waals surface area contributed by atoms with E-state index in [-0.39, 0.29) is 23.4 Å². The fourth-order valence-electron chi connectivity index (χ4n) is 1.93. The minimum atomic E-state index is -0.372. The highest BCUT2D eigenvalue weighted by atomic mass is 35.5. The SMILES string of the molecule is COc1cc(OC)c(OC)cc1CNC(=O)c1ccc(Cl)o1. The lowest BCUT2D eigenvalue weighted by Gasteiger charge is -2.14. The molecule has 0 fully saturated rings. The number of ether oxygens (including phenoxy) is 3. The van der Waals surface area contributed by atoms with Gasteiger partial charge < -0.3 is 23.9 Å². The summed E-state index contributed by atoms with van der Waals surface area (Å²) >= 11 is 5.65. The van der Waals surface area contributed by atoms with Gasteiger partial charge in [0.25, 0.3) is 5.91 Å². The summed E-state index contributed by atoms with van der Waals surface area (Å²) in [5.41, 5.74) is 0.742. The maximum Gasteiger partial charge on any atom is 0.287 e. The number of amides is 1. The van der Waals surface area contributed by atoms with E-state index in [2.05, 4.69) is 5.32 Å². The van der Waals surface area contributed by atoms with Crippen LogP contribution in [-0.4, -0.2) is 27.2 Å². The number of furan rings is 1. The largest absolute Gasteiger partial charge is 0.496 e. The van der Waals surface area contributed by atoms with E-state index in [1.54, 1.807) is 26.4 Å². The Hall–Kier alpha value is -2.34. The Morgan fingerprint density at radius 1 is 1.09 bits per heavy atom. The van der Waals surface area contributed by atoms with Gasteiger partial charge in [-0.15, -0.1) is 0 Å². The Kier molecular flexibility index (Phi) is 5.16. The number of carbonyl (C=O) groups excluding carboxylic acids is 1. The van der Waals surface area contributed by atoms with Crippen LogP contribution in [0.2, 0.25) is 5.22 Å². The first-order chi connectivity index (χ1) is 10.6. The highest BCUT2D eigenvalue weighted by Gasteiger charge is 2.14. The number of rotatable bonds is 6. The minimum absolute atomic E-state index is 0.143. The van der Waals surface area contributed by atoms with E-state index in [4.69, 9.17) is 30.2 Å². The molecular weight excluding hydrogens is 310 g/mol. The molecule has 2 rings (SSSR count). The van der Waals surface area contributed by atoms with E-state index in [0.717, 1.165) is 5.56 Å². The van der Waals surface area contributed by atoms with Gasteiger partial charge in [-0.2, -0.15) is 0 Å². The second-order valence-corrected chi connectivity index (χ2v) is 4.68. The highest BCUT2D eigenvalue weighted by molar-refractivity contribution is 6.29. The molecule has 6 nitrogen and oxygen atoms in total. The van der Waals surface area contributed by atoms with Crippen LogP contribution in [0, 0.1) is 0 Å². The third-order valence-corrected chi connectivity index (χ3v) is 3.23. The Bertz CT molecular complexity index is 668. The van der Waals surface area contributed by atoms with Gasteiger partial charge in [-0.3, -0.25) is 4.79 Å². The Morgan fingerprint density at radius 3 is 2.27 bits per heavy atom. The van der Waals surface area contributed by atoms with Crippen LogP contribution in [0.4, 0.5) is 0 Å². The molecule has 0 aliphatic carbocycles. The highest BCUT2D eigenvalue weighted by Crippen LogP contribution is 2.34. The second kappa shape index (κ2) is 7.09. The predicted molar refractivity (Wildman–Crippen MR) is 81.0 cm³/mol. The zero-order chi connectivity index (χ0) is 16.1. The first kappa shape index (κ1) is 16.0. The molecule has 0 spiro atoms. The van der Waals surface area contributed by atoms with Crippen LogP contribution in [0.25, 0.3) is 0 Å². The summed E-state index contributed by atoms with van der Waals surface area (Å²) in [4.78, 5) is 11.9. The molecule has 0 bridgehead atoms. The molecule has 1 heterocycles. The molecule has 118 valence electrons. The van der Waals surface area contributed by atoms with Gasteiger partial charge >= 0.3 is 0 Å². The van der Waals surface area contributed by atoms with E-state index < -0.39 is 0 Å². The van der Waals surface area contributed by atoms with Crippen molar-refractivity contribution in [3.63, 3.8) is 0 Å². The third-order valence-electron chi connectivity index (χ3n) is 3.02. The van der Waals surface area contributed by atoms with Crippen molar-refractivity contribution in [1.82, 2.24) is 5.32 Å². The van der Waals surface area contributed by atoms with E-state index in [9.17, 15) is 4.79 Å². The minimum Gasteiger partial charge on any atom is -0.496 e. The predicted octanol–water partition coefficient (Wildman–Crippen LogP) is 2.89. The van der Waals surface area contributed by atoms with Crippen molar-refractivity contribution < 1.29 is 23.4 Å². The van der Waals surface area contributed by atoms with Gasteiger partial charge in [-0.25, -0.2) is 0 Å². The second-order valence-electron chi connectivity index (χ2n) is 4.31. The first-order valence-electron chi connectivity index (χ1n) is 6.41. The van der Waals surface area contributed by atoms with Crippen LogP contribution >= 0.6 is 11.6 Å². The zero-order valence-corrected chi connectivity index (χ0v) is 13.2. The summed E-state index contributed by atoms with van der Waals surface area (Å²) in [6.07, 6.45) is 0. The summed E-state index contributed by atoms with van der Waals surface area (Å²) in [5, 5.41) is 2.89. The average Bonchev–Trinajstić information content (AvgIpc) is 2.98. The Morgan fingerprint density at radius 2 is 1.73 bits per heavy atom. The summed E-state index contributed by atoms with van der Waals surface area (Å²) < 4.78 is 20.8. The molecule has 2 aromatic rings. The monoisotopic (exact) mass is 325 g/mol. The van der Waals surface area contributed by atoms with Crippen molar-refractivity contribution in [3.05, 3.63) is 40.8 Å². The van der Waals surface area contributed by atoms with Crippen LogP contribution in [-0.2, 0) is 6.54 Å². The number of nitrogens with one attached hydrogen (secondary N) is 1. The number of hydrogen-bond acceptors (Lipinski definition) is 5. The summed E-state index contributed by atoms with van der Waals surface area (Å²) in [5.74, 6) is 1.45. The number of hydrogen-bond donors (Lipinski definition) is 1. The van der Waals surface area contributed by atoms with Crippen LogP contribution < -0.4 is 19.5 Å². The van der Waals surface area contributed by atoms with Crippen LogP contribution in [0.3, 0.4) is 0 Å². The smallest absolute Gasteiger partial charge is 0.287 e. The van der Waals surface area contributed by atoms with Crippen molar-refractivity contribution in [1.29, 1.82) is 0 Å². The normalized spacial score (nSPS) is 10.2. The van der Waals surface area contributed by atoms with Gasteiger partial charge in [-0.1, -0.05) is 0 Å². The van der Waals surface area contributed by atoms with Crippen molar-refractivity contribution in [2.75, 3.05) is 21.3 Å². The molecule has 0 radical (unpaired) electrons. The molecule has 0 aliphatic heterocycles. The number of benzene rings is 1. The van der Waals surface area contributed by atoms with Gasteiger partial charge in [0.15, 0.2) is 22.5 Å². The molecule has 0 saturated heterocycles. The van der Waals surface area contributed by atoms with Gasteiger partial charge in [-0.05, 0) is 29.8 Å². The molecule has 22 heavy (non-hydrogen) atoms. The molecular formula is C15H16ClNO5. The zero-order valence-electron chi connectivity index (χ0n) is 12.4. The van der Waals surface area contributed by atoms with Crippen LogP contribution in [0.1, 0.15) is 16.1 Å². The quantitative estimate of drug-likeness (QED) is 0.884. The molecule has 0 atom stereocenters. The van der Waals surface area contributed by atoms with Crippen LogP contribution in [0.15, 0.2) is 28.7 Å². The molecule has 0 aliphatic rings. The lowest BCUT2D eigenvalue weighted by atomic mass is 10.1. The van der Waals surface area contributed by atoms with Crippen molar-refractivity contribution in [2.45, 2.75) is 6.54 Å². The van der Waals surface area contributed by atoms with Gasteiger partial charge in [0.2, 0.25) is 0 Å². The lowest BCUT2D eigenvalue weighted by molar-refractivity contribution is 0.0923. The lowest BCUT2D eigenvalue weighted by Crippen LogP contribution is -2.22. The van der Waals surface area contributed by atoms with Crippen molar-refractivity contribution in [2.24, 2.45) is 0 Å². The molecule has 1 N–H and O–H groups in total. The van der Waals surface area contributed by atoms with Gasteiger partial charge in [0, 0.05) is 18.2 Å². The first-order valence-corrected chi connectivity index (χ1v) is 6.79. The molecule has 0 saturated carbocycles. The average molecular weight is 326 g/mol. The van der Waals surface area contributed by atoms with Crippen molar-refractivity contribution >= 4 is 17.5 Å².